The second-order valence-electron chi connectivity index (χ2n) is 8.65. The molecule has 1 amide bonds. The van der Waals surface area contributed by atoms with Gasteiger partial charge in [0.05, 0.1) is 28.6 Å². The summed E-state index contributed by atoms with van der Waals surface area (Å²) >= 11 is 7.63. The molecule has 2 fully saturated rings. The lowest BCUT2D eigenvalue weighted by Gasteiger charge is -2.33. The lowest BCUT2D eigenvalue weighted by atomic mass is 10.0. The molecule has 35 heavy (non-hydrogen) atoms. The molecule has 2 bridgehead atoms. The smallest absolute Gasteiger partial charge is 0.339 e. The molecule has 0 spiro atoms. The number of halogens is 2. The number of thiazole rings is 1. The van der Waals surface area contributed by atoms with E-state index in [9.17, 15) is 19.1 Å². The number of carbonyl (C=O) groups is 2. The number of amides is 1. The standard InChI is InChI=1S/C23H21ClFN5O4S/c1-12(31)27-10-23-7-14(9-34-23)30(11-23)8-17-18(22(32)33)19(15-3-2-13(25)6-16(15)24)29-20(28-17)21-26-4-5-35-21/h2-6,14H,7-11H2,1H3,(H,27,31)(H,32,33)/t14?,23-/m1/s1. The molecule has 2 aromatic heterocycles. The largest absolute Gasteiger partial charge is 0.478 e. The number of carboxylic acids is 1. The number of carbonyl (C=O) groups excluding carboxylic acids is 1. The molecule has 0 saturated carbocycles. The normalized spacial score (nSPS) is 21.4. The number of likely N-dealkylation sites (tertiary alicyclic amines) is 1. The molecule has 3 aromatic rings. The third-order valence-electron chi connectivity index (χ3n) is 6.22. The van der Waals surface area contributed by atoms with Crippen molar-refractivity contribution in [1.82, 2.24) is 25.2 Å². The summed E-state index contributed by atoms with van der Waals surface area (Å²) in [5.74, 6) is -1.62. The number of aromatic nitrogens is 3. The van der Waals surface area contributed by atoms with Crippen LogP contribution < -0.4 is 5.32 Å². The third kappa shape index (κ3) is 4.64. The quantitative estimate of drug-likeness (QED) is 0.490. The van der Waals surface area contributed by atoms with E-state index in [2.05, 4.69) is 25.2 Å². The van der Waals surface area contributed by atoms with E-state index in [1.165, 1.54) is 30.4 Å². The Hall–Kier alpha value is -2.99. The van der Waals surface area contributed by atoms with Gasteiger partial charge < -0.3 is 15.2 Å². The number of aromatic carboxylic acids is 1. The molecule has 2 aliphatic heterocycles. The van der Waals surface area contributed by atoms with Gasteiger partial charge >= 0.3 is 5.97 Å². The topological polar surface area (TPSA) is 118 Å². The zero-order chi connectivity index (χ0) is 24.7. The zero-order valence-electron chi connectivity index (χ0n) is 18.6. The summed E-state index contributed by atoms with van der Waals surface area (Å²) in [6, 6.07) is 3.80. The number of nitrogens with one attached hydrogen (secondary N) is 1. The number of ether oxygens (including phenoxy) is 1. The van der Waals surface area contributed by atoms with E-state index in [1.807, 2.05) is 0 Å². The van der Waals surface area contributed by atoms with Crippen LogP contribution in [0.5, 0.6) is 0 Å². The van der Waals surface area contributed by atoms with Crippen LogP contribution in [-0.2, 0) is 16.1 Å². The Bertz CT molecular complexity index is 1310. The van der Waals surface area contributed by atoms with E-state index in [0.717, 1.165) is 12.5 Å². The van der Waals surface area contributed by atoms with Crippen molar-refractivity contribution in [3.8, 4) is 22.1 Å². The number of benzene rings is 1. The minimum absolute atomic E-state index is 0.0464. The van der Waals surface area contributed by atoms with Crippen molar-refractivity contribution in [1.29, 1.82) is 0 Å². The number of fused-ring (bicyclic) bond motifs is 2. The zero-order valence-corrected chi connectivity index (χ0v) is 20.2. The van der Waals surface area contributed by atoms with E-state index < -0.39 is 17.4 Å². The molecule has 2 atom stereocenters. The fourth-order valence-electron chi connectivity index (χ4n) is 4.66. The van der Waals surface area contributed by atoms with Crippen molar-refractivity contribution < 1.29 is 23.8 Å². The van der Waals surface area contributed by atoms with Crippen LogP contribution in [0.4, 0.5) is 4.39 Å². The minimum Gasteiger partial charge on any atom is -0.478 e. The van der Waals surface area contributed by atoms with Gasteiger partial charge in [-0.15, -0.1) is 11.3 Å². The van der Waals surface area contributed by atoms with Crippen molar-refractivity contribution in [3.63, 3.8) is 0 Å². The molecule has 5 rings (SSSR count). The molecule has 182 valence electrons. The van der Waals surface area contributed by atoms with Gasteiger partial charge in [-0.1, -0.05) is 11.6 Å². The van der Waals surface area contributed by atoms with Gasteiger partial charge in [-0.2, -0.15) is 0 Å². The highest BCUT2D eigenvalue weighted by molar-refractivity contribution is 7.13. The van der Waals surface area contributed by atoms with Gasteiger partial charge in [-0.25, -0.2) is 24.1 Å². The van der Waals surface area contributed by atoms with Gasteiger partial charge in [-0.05, 0) is 24.6 Å². The van der Waals surface area contributed by atoms with Crippen LogP contribution in [0.2, 0.25) is 5.02 Å². The van der Waals surface area contributed by atoms with Gasteiger partial charge in [0, 0.05) is 49.7 Å². The number of carboxylic acid groups (broad SMARTS) is 1. The molecule has 2 N–H and O–H groups in total. The summed E-state index contributed by atoms with van der Waals surface area (Å²) in [5.41, 5.74) is 0.0777. The highest BCUT2D eigenvalue weighted by Crippen LogP contribution is 2.39. The van der Waals surface area contributed by atoms with Gasteiger partial charge in [-0.3, -0.25) is 9.69 Å². The fourth-order valence-corrected chi connectivity index (χ4v) is 5.48. The predicted molar refractivity (Wildman–Crippen MR) is 127 cm³/mol. The first-order valence-corrected chi connectivity index (χ1v) is 12.1. The summed E-state index contributed by atoms with van der Waals surface area (Å²) < 4.78 is 19.7. The van der Waals surface area contributed by atoms with Crippen molar-refractivity contribution in [2.24, 2.45) is 0 Å². The summed E-state index contributed by atoms with van der Waals surface area (Å²) in [7, 11) is 0. The van der Waals surface area contributed by atoms with Crippen molar-refractivity contribution in [2.75, 3.05) is 19.7 Å². The van der Waals surface area contributed by atoms with Gasteiger partial charge in [0.2, 0.25) is 5.91 Å². The molecule has 2 aliphatic rings. The van der Waals surface area contributed by atoms with E-state index in [4.69, 9.17) is 16.3 Å². The molecule has 0 radical (unpaired) electrons. The first-order chi connectivity index (χ1) is 16.7. The maximum Gasteiger partial charge on any atom is 0.339 e. The van der Waals surface area contributed by atoms with Crippen molar-refractivity contribution in [2.45, 2.75) is 31.5 Å². The second kappa shape index (κ2) is 9.23. The number of morpholine rings is 1. The summed E-state index contributed by atoms with van der Waals surface area (Å²) in [6.45, 7) is 3.05. The van der Waals surface area contributed by atoms with E-state index >= 15 is 0 Å². The third-order valence-corrected chi connectivity index (χ3v) is 7.30. The van der Waals surface area contributed by atoms with Gasteiger partial charge in [0.25, 0.3) is 0 Å². The average Bonchev–Trinajstić information content (AvgIpc) is 3.54. The molecular formula is C23H21ClFN5O4S. The number of hydrogen-bond acceptors (Lipinski definition) is 8. The Morgan fingerprint density at radius 3 is 2.91 bits per heavy atom. The molecule has 2 saturated heterocycles. The summed E-state index contributed by atoms with van der Waals surface area (Å²) in [5, 5.41) is 15.3. The SMILES string of the molecule is CC(=O)NC[C@@]12CC(CO1)N(Cc1nc(-c3nccs3)nc(-c3ccc(F)cc3Cl)c1C(=O)O)C2. The molecule has 9 nitrogen and oxygen atoms in total. The molecular weight excluding hydrogens is 497 g/mol. The predicted octanol–water partition coefficient (Wildman–Crippen LogP) is 3.24. The van der Waals surface area contributed by atoms with Crippen LogP contribution in [0.3, 0.4) is 0 Å². The number of hydrogen-bond donors (Lipinski definition) is 2. The molecule has 12 heteroatoms. The Labute approximate surface area is 208 Å². The van der Waals surface area contributed by atoms with Gasteiger partial charge in [0.1, 0.15) is 11.4 Å². The molecule has 1 aromatic carbocycles. The van der Waals surface area contributed by atoms with Crippen LogP contribution in [0.25, 0.3) is 22.1 Å². The van der Waals surface area contributed by atoms with Crippen molar-refractivity contribution >= 4 is 34.8 Å². The Morgan fingerprint density at radius 1 is 1.40 bits per heavy atom. The first-order valence-electron chi connectivity index (χ1n) is 10.9. The molecule has 1 unspecified atom stereocenters. The van der Waals surface area contributed by atoms with Crippen LogP contribution in [-0.4, -0.2) is 68.2 Å². The van der Waals surface area contributed by atoms with Crippen LogP contribution in [0, 0.1) is 5.82 Å². The average molecular weight is 518 g/mol. The maximum absolute atomic E-state index is 13.7. The van der Waals surface area contributed by atoms with E-state index in [1.54, 1.807) is 11.6 Å². The Balaban J connectivity index is 1.57. The number of nitrogens with zero attached hydrogens (tertiary/aromatic N) is 4. The monoisotopic (exact) mass is 517 g/mol. The fraction of sp³-hybridized carbons (Fsp3) is 0.348. The van der Waals surface area contributed by atoms with E-state index in [0.29, 0.717) is 36.0 Å². The van der Waals surface area contributed by atoms with E-state index in [-0.39, 0.29) is 40.6 Å². The first kappa shape index (κ1) is 23.7. The van der Waals surface area contributed by atoms with Gasteiger partial charge in [0.15, 0.2) is 10.8 Å². The van der Waals surface area contributed by atoms with Crippen LogP contribution >= 0.6 is 22.9 Å². The lowest BCUT2D eigenvalue weighted by Crippen LogP contribution is -2.48. The Morgan fingerprint density at radius 2 is 2.23 bits per heavy atom. The Kier molecular flexibility index (Phi) is 6.26. The summed E-state index contributed by atoms with van der Waals surface area (Å²) in [6.07, 6.45) is 2.33. The van der Waals surface area contributed by atoms with Crippen molar-refractivity contribution in [3.05, 3.63) is 51.9 Å². The number of rotatable bonds is 7. The van der Waals surface area contributed by atoms with Crippen LogP contribution in [0.15, 0.2) is 29.8 Å². The highest BCUT2D eigenvalue weighted by Gasteiger charge is 2.51. The molecule has 4 heterocycles. The van der Waals surface area contributed by atoms with Crippen LogP contribution in [0.1, 0.15) is 29.4 Å². The second-order valence-corrected chi connectivity index (χ2v) is 9.95. The lowest BCUT2D eigenvalue weighted by molar-refractivity contribution is -0.121. The molecule has 0 aliphatic carbocycles. The highest BCUT2D eigenvalue weighted by atomic mass is 35.5. The summed E-state index contributed by atoms with van der Waals surface area (Å²) in [4.78, 5) is 39.4. The minimum atomic E-state index is -1.21. The maximum atomic E-state index is 13.7.